The number of nitrogens with zero attached hydrogens (tertiary/aromatic N) is 2. The van der Waals surface area contributed by atoms with Crippen molar-refractivity contribution >= 4 is 6.03 Å². The van der Waals surface area contributed by atoms with Crippen LogP contribution in [0.25, 0.3) is 0 Å². The van der Waals surface area contributed by atoms with Gasteiger partial charge in [0.25, 0.3) is 0 Å². The number of hydrogen-bond donors (Lipinski definition) is 1. The molecule has 0 aliphatic carbocycles. The third kappa shape index (κ3) is 2.24. The molecule has 0 aromatic heterocycles. The van der Waals surface area contributed by atoms with E-state index in [4.69, 9.17) is 4.74 Å². The summed E-state index contributed by atoms with van der Waals surface area (Å²) in [5, 5.41) is 2.76. The van der Waals surface area contributed by atoms with Crippen LogP contribution in [0, 0.1) is 0 Å². The Kier molecular flexibility index (Phi) is 3.00. The van der Waals surface area contributed by atoms with Gasteiger partial charge in [-0.3, -0.25) is 9.80 Å². The van der Waals surface area contributed by atoms with E-state index in [9.17, 15) is 4.79 Å². The number of amides is 2. The van der Waals surface area contributed by atoms with E-state index in [1.165, 1.54) is 0 Å². The number of ether oxygens (including phenoxy) is 1. The molecule has 78 valence electrons. The molecule has 14 heavy (non-hydrogen) atoms. The first-order valence-corrected chi connectivity index (χ1v) is 4.87. The first-order valence-electron chi connectivity index (χ1n) is 4.87. The second-order valence-electron chi connectivity index (χ2n) is 3.41. The molecule has 0 atom stereocenters. The van der Waals surface area contributed by atoms with Gasteiger partial charge in [-0.15, -0.1) is 0 Å². The average Bonchev–Trinajstić information content (AvgIpc) is 2.23. The van der Waals surface area contributed by atoms with Crippen LogP contribution in [0.1, 0.15) is 0 Å². The first-order chi connectivity index (χ1) is 6.86. The van der Waals surface area contributed by atoms with E-state index in [1.807, 2.05) is 12.3 Å². The van der Waals surface area contributed by atoms with E-state index in [2.05, 4.69) is 10.2 Å². The molecule has 0 spiro atoms. The van der Waals surface area contributed by atoms with Crippen LogP contribution in [0.15, 0.2) is 12.3 Å². The Morgan fingerprint density at radius 3 is 2.93 bits per heavy atom. The highest BCUT2D eigenvalue weighted by molar-refractivity contribution is 5.76. The fourth-order valence-corrected chi connectivity index (χ4v) is 1.56. The van der Waals surface area contributed by atoms with Crippen molar-refractivity contribution in [1.29, 1.82) is 0 Å². The molecule has 0 bridgehead atoms. The standard InChI is InChI=1S/C9H15N3O2/c13-9-10-2-1-3-12(9)8-11-4-6-14-7-5-11/h1,3H,2,4-8H2,(H,10,13). The van der Waals surface area contributed by atoms with Gasteiger partial charge in [0.15, 0.2) is 0 Å². The lowest BCUT2D eigenvalue weighted by molar-refractivity contribution is 0.0227. The number of rotatable bonds is 2. The Labute approximate surface area is 83.3 Å². The molecular weight excluding hydrogens is 182 g/mol. The summed E-state index contributed by atoms with van der Waals surface area (Å²) in [5.41, 5.74) is 0. The van der Waals surface area contributed by atoms with Crippen molar-refractivity contribution in [3.63, 3.8) is 0 Å². The number of morpholine rings is 1. The lowest BCUT2D eigenvalue weighted by atomic mass is 10.4. The molecule has 2 amide bonds. The summed E-state index contributed by atoms with van der Waals surface area (Å²) >= 11 is 0. The van der Waals surface area contributed by atoms with Crippen molar-refractivity contribution in [3.05, 3.63) is 12.3 Å². The topological polar surface area (TPSA) is 44.8 Å². The monoisotopic (exact) mass is 197 g/mol. The summed E-state index contributed by atoms with van der Waals surface area (Å²) in [4.78, 5) is 15.3. The van der Waals surface area contributed by atoms with Gasteiger partial charge in [-0.25, -0.2) is 4.79 Å². The van der Waals surface area contributed by atoms with E-state index >= 15 is 0 Å². The van der Waals surface area contributed by atoms with Crippen LogP contribution < -0.4 is 5.32 Å². The zero-order valence-corrected chi connectivity index (χ0v) is 8.11. The first kappa shape index (κ1) is 9.48. The number of urea groups is 1. The quantitative estimate of drug-likeness (QED) is 0.667. The average molecular weight is 197 g/mol. The van der Waals surface area contributed by atoms with Gasteiger partial charge in [-0.05, 0) is 6.08 Å². The predicted molar refractivity (Wildman–Crippen MR) is 51.6 cm³/mol. The molecule has 1 saturated heterocycles. The predicted octanol–water partition coefficient (Wildman–Crippen LogP) is -0.185. The highest BCUT2D eigenvalue weighted by Gasteiger charge is 2.18. The fraction of sp³-hybridized carbons (Fsp3) is 0.667. The molecule has 2 aliphatic rings. The van der Waals surface area contributed by atoms with Gasteiger partial charge in [0.1, 0.15) is 0 Å². The molecule has 0 saturated carbocycles. The van der Waals surface area contributed by atoms with E-state index in [-0.39, 0.29) is 6.03 Å². The SMILES string of the molecule is O=C1NCC=CN1CN1CCOCC1. The highest BCUT2D eigenvalue weighted by atomic mass is 16.5. The van der Waals surface area contributed by atoms with Crippen LogP contribution in [0.3, 0.4) is 0 Å². The van der Waals surface area contributed by atoms with Crippen molar-refractivity contribution in [2.75, 3.05) is 39.5 Å². The Morgan fingerprint density at radius 2 is 2.21 bits per heavy atom. The van der Waals surface area contributed by atoms with Crippen LogP contribution in [0.5, 0.6) is 0 Å². The van der Waals surface area contributed by atoms with Gasteiger partial charge in [0.05, 0.1) is 19.9 Å². The molecular formula is C9H15N3O2. The molecule has 5 nitrogen and oxygen atoms in total. The third-order valence-corrected chi connectivity index (χ3v) is 2.37. The summed E-state index contributed by atoms with van der Waals surface area (Å²) in [7, 11) is 0. The van der Waals surface area contributed by atoms with Crippen molar-refractivity contribution in [3.8, 4) is 0 Å². The number of nitrogens with one attached hydrogen (secondary N) is 1. The zero-order chi connectivity index (χ0) is 9.80. The summed E-state index contributed by atoms with van der Waals surface area (Å²) in [6.07, 6.45) is 3.79. The van der Waals surface area contributed by atoms with Crippen molar-refractivity contribution in [2.24, 2.45) is 0 Å². The fourth-order valence-electron chi connectivity index (χ4n) is 1.56. The molecule has 5 heteroatoms. The van der Waals surface area contributed by atoms with Crippen molar-refractivity contribution in [2.45, 2.75) is 0 Å². The minimum atomic E-state index is -0.0148. The Hall–Kier alpha value is -1.07. The number of carbonyl (C=O) groups excluding carboxylic acids is 1. The van der Waals surface area contributed by atoms with Gasteiger partial charge in [0.2, 0.25) is 0 Å². The maximum atomic E-state index is 11.4. The van der Waals surface area contributed by atoms with Gasteiger partial charge in [-0.1, -0.05) is 0 Å². The molecule has 0 radical (unpaired) electrons. The van der Waals surface area contributed by atoms with E-state index in [1.54, 1.807) is 4.90 Å². The second kappa shape index (κ2) is 4.43. The normalized spacial score (nSPS) is 23.7. The molecule has 1 N–H and O–H groups in total. The molecule has 0 aromatic rings. The minimum Gasteiger partial charge on any atom is -0.379 e. The molecule has 2 rings (SSSR count). The Bertz CT molecular complexity index is 236. The number of hydrogen-bond acceptors (Lipinski definition) is 3. The minimum absolute atomic E-state index is 0.0148. The lowest BCUT2D eigenvalue weighted by Gasteiger charge is -2.32. The largest absolute Gasteiger partial charge is 0.379 e. The molecule has 1 fully saturated rings. The zero-order valence-electron chi connectivity index (χ0n) is 8.11. The Balaban J connectivity index is 1.85. The highest BCUT2D eigenvalue weighted by Crippen LogP contribution is 2.02. The van der Waals surface area contributed by atoms with Gasteiger partial charge in [0, 0.05) is 25.8 Å². The smallest absolute Gasteiger partial charge is 0.322 e. The summed E-state index contributed by atoms with van der Waals surface area (Å²) in [6.45, 7) is 4.62. The van der Waals surface area contributed by atoms with E-state index < -0.39 is 0 Å². The van der Waals surface area contributed by atoms with Crippen LogP contribution in [-0.4, -0.2) is 55.3 Å². The molecule has 0 unspecified atom stereocenters. The summed E-state index contributed by atoms with van der Waals surface area (Å²) in [5.74, 6) is 0. The molecule has 2 heterocycles. The second-order valence-corrected chi connectivity index (χ2v) is 3.41. The Morgan fingerprint density at radius 1 is 1.43 bits per heavy atom. The maximum Gasteiger partial charge on any atom is 0.322 e. The molecule has 0 aromatic carbocycles. The third-order valence-electron chi connectivity index (χ3n) is 2.37. The van der Waals surface area contributed by atoms with Crippen molar-refractivity contribution in [1.82, 2.24) is 15.1 Å². The van der Waals surface area contributed by atoms with Crippen LogP contribution >= 0.6 is 0 Å². The summed E-state index contributed by atoms with van der Waals surface area (Å²) in [6, 6.07) is -0.0148. The van der Waals surface area contributed by atoms with E-state index in [0.717, 1.165) is 26.3 Å². The van der Waals surface area contributed by atoms with Gasteiger partial charge >= 0.3 is 6.03 Å². The molecule has 2 aliphatic heterocycles. The summed E-state index contributed by atoms with van der Waals surface area (Å²) < 4.78 is 5.24. The number of carbonyl (C=O) groups is 1. The van der Waals surface area contributed by atoms with E-state index in [0.29, 0.717) is 13.2 Å². The van der Waals surface area contributed by atoms with Crippen LogP contribution in [0.2, 0.25) is 0 Å². The van der Waals surface area contributed by atoms with Gasteiger partial charge in [-0.2, -0.15) is 0 Å². The van der Waals surface area contributed by atoms with Crippen LogP contribution in [-0.2, 0) is 4.74 Å². The lowest BCUT2D eigenvalue weighted by Crippen LogP contribution is -2.48. The van der Waals surface area contributed by atoms with Crippen molar-refractivity contribution < 1.29 is 9.53 Å². The van der Waals surface area contributed by atoms with Gasteiger partial charge < -0.3 is 10.1 Å². The maximum absolute atomic E-state index is 11.4. The van der Waals surface area contributed by atoms with Crippen LogP contribution in [0.4, 0.5) is 4.79 Å².